The van der Waals surface area contributed by atoms with Gasteiger partial charge in [-0.25, -0.2) is 0 Å². The van der Waals surface area contributed by atoms with Crippen LogP contribution in [0.5, 0.6) is 11.6 Å². The largest absolute Gasteiger partial charge is 0.437 e. The molecule has 6 heteroatoms. The maximum Gasteiger partial charge on any atom is 0.243 e. The van der Waals surface area contributed by atoms with Gasteiger partial charge >= 0.3 is 0 Å². The molecule has 21 heavy (non-hydrogen) atoms. The number of aromatic nitrogens is 2. The van der Waals surface area contributed by atoms with Gasteiger partial charge in [-0.05, 0) is 59.8 Å². The third-order valence-electron chi connectivity index (χ3n) is 3.07. The van der Waals surface area contributed by atoms with E-state index < -0.39 is 0 Å². The van der Waals surface area contributed by atoms with Gasteiger partial charge in [-0.1, -0.05) is 6.92 Å². The molecule has 0 radical (unpaired) electrons. The quantitative estimate of drug-likeness (QED) is 0.484. The number of hydrogen-bond acceptors (Lipinski definition) is 4. The van der Waals surface area contributed by atoms with Gasteiger partial charge in [0.25, 0.3) is 0 Å². The van der Waals surface area contributed by atoms with Crippen LogP contribution in [-0.2, 0) is 6.54 Å². The van der Waals surface area contributed by atoms with E-state index in [0.717, 1.165) is 35.9 Å². The molecule has 3 rings (SSSR count). The Balaban J connectivity index is 1.87. The fraction of sp³-hybridized carbons (Fsp3) is 0.267. The molecule has 2 aromatic heterocycles. The molecule has 2 heterocycles. The second-order valence-corrected chi connectivity index (χ2v) is 6.77. The van der Waals surface area contributed by atoms with E-state index in [1.165, 1.54) is 3.57 Å². The number of hydrogen-bond donors (Lipinski definition) is 1. The number of benzene rings is 1. The lowest BCUT2D eigenvalue weighted by atomic mass is 10.3. The molecule has 0 fully saturated rings. The van der Waals surface area contributed by atoms with Crippen molar-refractivity contribution in [2.45, 2.75) is 19.9 Å². The van der Waals surface area contributed by atoms with Crippen molar-refractivity contribution in [3.63, 3.8) is 0 Å². The third-order valence-corrected chi connectivity index (χ3v) is 4.55. The Morgan fingerprint density at radius 2 is 2.14 bits per heavy atom. The van der Waals surface area contributed by atoms with Crippen LogP contribution in [0.4, 0.5) is 0 Å². The normalized spacial score (nSPS) is 11.1. The van der Waals surface area contributed by atoms with E-state index in [1.807, 2.05) is 35.8 Å². The minimum atomic E-state index is 0.687. The summed E-state index contributed by atoms with van der Waals surface area (Å²) in [6, 6.07) is 8.00. The van der Waals surface area contributed by atoms with Gasteiger partial charge in [-0.2, -0.15) is 4.98 Å². The molecule has 1 aromatic carbocycles. The molecular weight excluding hydrogens is 397 g/mol. The number of nitrogens with zero attached hydrogens (tertiary/aromatic N) is 2. The molecule has 0 spiro atoms. The SMILES string of the molecule is CCCNCc1c(Oc2ccc(I)cc2)nc2sccn12. The second-order valence-electron chi connectivity index (χ2n) is 4.65. The summed E-state index contributed by atoms with van der Waals surface area (Å²) in [6.07, 6.45) is 3.15. The number of rotatable bonds is 6. The highest BCUT2D eigenvalue weighted by molar-refractivity contribution is 14.1. The highest BCUT2D eigenvalue weighted by Crippen LogP contribution is 2.28. The van der Waals surface area contributed by atoms with Gasteiger partial charge in [0.2, 0.25) is 5.88 Å². The van der Waals surface area contributed by atoms with Crippen LogP contribution < -0.4 is 10.1 Å². The molecule has 0 aliphatic rings. The predicted octanol–water partition coefficient (Wildman–Crippen LogP) is 4.29. The van der Waals surface area contributed by atoms with Crippen LogP contribution in [0, 0.1) is 3.57 Å². The maximum atomic E-state index is 5.97. The molecule has 0 atom stereocenters. The average molecular weight is 413 g/mol. The Morgan fingerprint density at radius 3 is 2.90 bits per heavy atom. The van der Waals surface area contributed by atoms with Crippen molar-refractivity contribution in [3.05, 3.63) is 45.1 Å². The van der Waals surface area contributed by atoms with Crippen molar-refractivity contribution < 1.29 is 4.74 Å². The number of halogens is 1. The van der Waals surface area contributed by atoms with Gasteiger partial charge in [0.1, 0.15) is 11.4 Å². The summed E-state index contributed by atoms with van der Waals surface area (Å²) >= 11 is 3.90. The van der Waals surface area contributed by atoms with Crippen LogP contribution in [0.3, 0.4) is 0 Å². The van der Waals surface area contributed by atoms with Crippen LogP contribution in [-0.4, -0.2) is 15.9 Å². The maximum absolute atomic E-state index is 5.97. The van der Waals surface area contributed by atoms with Gasteiger partial charge in [-0.3, -0.25) is 4.40 Å². The molecule has 0 unspecified atom stereocenters. The van der Waals surface area contributed by atoms with E-state index in [0.29, 0.717) is 5.88 Å². The molecule has 3 aromatic rings. The molecular formula is C15H16IN3OS. The Labute approximate surface area is 141 Å². The molecule has 0 aliphatic heterocycles. The van der Waals surface area contributed by atoms with Gasteiger partial charge in [0, 0.05) is 21.7 Å². The highest BCUT2D eigenvalue weighted by atomic mass is 127. The van der Waals surface area contributed by atoms with E-state index in [9.17, 15) is 0 Å². The molecule has 4 nitrogen and oxygen atoms in total. The molecule has 1 N–H and O–H groups in total. The fourth-order valence-electron chi connectivity index (χ4n) is 2.05. The summed E-state index contributed by atoms with van der Waals surface area (Å²) < 4.78 is 9.25. The minimum absolute atomic E-state index is 0.687. The Morgan fingerprint density at radius 1 is 1.33 bits per heavy atom. The van der Waals surface area contributed by atoms with Crippen LogP contribution in [0.1, 0.15) is 19.0 Å². The van der Waals surface area contributed by atoms with Crippen molar-refractivity contribution in [2.24, 2.45) is 0 Å². The van der Waals surface area contributed by atoms with Crippen LogP contribution in [0.15, 0.2) is 35.8 Å². The number of nitrogens with one attached hydrogen (secondary N) is 1. The molecule has 0 aliphatic carbocycles. The first-order chi connectivity index (χ1) is 10.3. The monoisotopic (exact) mass is 413 g/mol. The average Bonchev–Trinajstić information content (AvgIpc) is 3.04. The summed E-state index contributed by atoms with van der Waals surface area (Å²) in [4.78, 5) is 5.55. The Hall–Kier alpha value is -1.12. The van der Waals surface area contributed by atoms with E-state index in [-0.39, 0.29) is 0 Å². The smallest absolute Gasteiger partial charge is 0.243 e. The summed E-state index contributed by atoms with van der Waals surface area (Å²) in [7, 11) is 0. The first-order valence-corrected chi connectivity index (χ1v) is 8.82. The Kier molecular flexibility index (Phi) is 4.77. The van der Waals surface area contributed by atoms with Gasteiger partial charge in [0.05, 0.1) is 0 Å². The van der Waals surface area contributed by atoms with Gasteiger partial charge < -0.3 is 10.1 Å². The number of fused-ring (bicyclic) bond motifs is 1. The summed E-state index contributed by atoms with van der Waals surface area (Å²) in [5.74, 6) is 1.50. The van der Waals surface area contributed by atoms with Gasteiger partial charge in [0.15, 0.2) is 4.96 Å². The number of imidazole rings is 1. The molecule has 0 amide bonds. The van der Waals surface area contributed by atoms with Crippen molar-refractivity contribution in [1.82, 2.24) is 14.7 Å². The van der Waals surface area contributed by atoms with E-state index >= 15 is 0 Å². The molecule has 0 saturated carbocycles. The van der Waals surface area contributed by atoms with Crippen molar-refractivity contribution >= 4 is 38.9 Å². The lowest BCUT2D eigenvalue weighted by Crippen LogP contribution is -2.15. The van der Waals surface area contributed by atoms with Crippen LogP contribution >= 0.6 is 33.9 Å². The molecule has 0 bridgehead atoms. The second kappa shape index (κ2) is 6.76. The first-order valence-electron chi connectivity index (χ1n) is 6.86. The van der Waals surface area contributed by atoms with E-state index in [4.69, 9.17) is 4.74 Å². The number of thiazole rings is 1. The van der Waals surface area contributed by atoms with E-state index in [2.05, 4.69) is 44.2 Å². The predicted molar refractivity (Wildman–Crippen MR) is 94.3 cm³/mol. The van der Waals surface area contributed by atoms with Crippen molar-refractivity contribution in [3.8, 4) is 11.6 Å². The minimum Gasteiger partial charge on any atom is -0.437 e. The van der Waals surface area contributed by atoms with Crippen molar-refractivity contribution in [1.29, 1.82) is 0 Å². The lowest BCUT2D eigenvalue weighted by molar-refractivity contribution is 0.455. The van der Waals surface area contributed by atoms with Crippen LogP contribution in [0.25, 0.3) is 4.96 Å². The lowest BCUT2D eigenvalue weighted by Gasteiger charge is -2.07. The topological polar surface area (TPSA) is 38.6 Å². The molecule has 110 valence electrons. The zero-order chi connectivity index (χ0) is 14.7. The zero-order valence-electron chi connectivity index (χ0n) is 11.7. The first kappa shape index (κ1) is 14.8. The standard InChI is InChI=1S/C15H16IN3OS/c1-2-7-17-10-13-14(18-15-19(13)8-9-21-15)20-12-5-3-11(16)4-6-12/h3-6,8-9,17H,2,7,10H2,1H3. The molecule has 0 saturated heterocycles. The summed E-state index contributed by atoms with van der Waals surface area (Å²) in [5, 5.41) is 5.46. The Bertz CT molecular complexity index is 720. The van der Waals surface area contributed by atoms with Crippen molar-refractivity contribution in [2.75, 3.05) is 6.54 Å². The fourth-order valence-corrected chi connectivity index (χ4v) is 3.14. The summed E-state index contributed by atoms with van der Waals surface area (Å²) in [5.41, 5.74) is 1.07. The number of ether oxygens (including phenoxy) is 1. The zero-order valence-corrected chi connectivity index (χ0v) is 14.6. The summed E-state index contributed by atoms with van der Waals surface area (Å²) in [6.45, 7) is 3.90. The third kappa shape index (κ3) is 3.38. The van der Waals surface area contributed by atoms with Crippen LogP contribution in [0.2, 0.25) is 0 Å². The van der Waals surface area contributed by atoms with E-state index in [1.54, 1.807) is 11.3 Å². The van der Waals surface area contributed by atoms with Gasteiger partial charge in [-0.15, -0.1) is 11.3 Å². The highest BCUT2D eigenvalue weighted by Gasteiger charge is 2.14.